The van der Waals surface area contributed by atoms with Gasteiger partial charge in [-0.2, -0.15) is 4.98 Å². The van der Waals surface area contributed by atoms with Gasteiger partial charge in [-0.15, -0.1) is 0 Å². The number of aryl methyl sites for hydroxylation is 1. The number of hydrogen-bond acceptors (Lipinski definition) is 4. The highest BCUT2D eigenvalue weighted by Gasteiger charge is 2.13. The number of aromatic nitrogens is 2. The van der Waals surface area contributed by atoms with Gasteiger partial charge in [0.05, 0.1) is 5.56 Å². The summed E-state index contributed by atoms with van der Waals surface area (Å²) >= 11 is 3.42. The highest BCUT2D eigenvalue weighted by Crippen LogP contribution is 2.29. The van der Waals surface area contributed by atoms with Gasteiger partial charge in [0.1, 0.15) is 0 Å². The van der Waals surface area contributed by atoms with E-state index in [9.17, 15) is 0 Å². The number of hydrogen-bond donors (Lipinski definition) is 1. The Morgan fingerprint density at radius 2 is 1.90 bits per heavy atom. The molecule has 0 aliphatic carbocycles. The van der Waals surface area contributed by atoms with Gasteiger partial charge in [0.25, 0.3) is 5.89 Å². The van der Waals surface area contributed by atoms with E-state index in [4.69, 9.17) is 10.3 Å². The molecule has 2 aromatic carbocycles. The van der Waals surface area contributed by atoms with Crippen molar-refractivity contribution >= 4 is 21.6 Å². The first kappa shape index (κ1) is 13.8. The molecular formula is C16H14BrN3O. The van der Waals surface area contributed by atoms with E-state index in [1.807, 2.05) is 24.3 Å². The Balaban J connectivity index is 1.97. The van der Waals surface area contributed by atoms with E-state index in [0.717, 1.165) is 22.0 Å². The molecule has 0 bridgehead atoms. The Hall–Kier alpha value is -2.14. The lowest BCUT2D eigenvalue weighted by molar-refractivity contribution is 0.432. The minimum absolute atomic E-state index is 0.420. The number of nitrogens with two attached hydrogens (primary N) is 1. The topological polar surface area (TPSA) is 64.9 Å². The van der Waals surface area contributed by atoms with Gasteiger partial charge in [0.2, 0.25) is 5.82 Å². The molecule has 0 saturated carbocycles. The molecule has 1 heterocycles. The molecular weight excluding hydrogens is 330 g/mol. The minimum atomic E-state index is 0.420. The largest absolute Gasteiger partial charge is 0.398 e. The molecule has 0 spiro atoms. The van der Waals surface area contributed by atoms with Crippen LogP contribution in [0.2, 0.25) is 0 Å². The van der Waals surface area contributed by atoms with E-state index in [1.54, 1.807) is 6.07 Å². The second kappa shape index (κ2) is 5.69. The fourth-order valence-electron chi connectivity index (χ4n) is 2.05. The van der Waals surface area contributed by atoms with Crippen LogP contribution in [-0.2, 0) is 6.42 Å². The van der Waals surface area contributed by atoms with Crippen molar-refractivity contribution in [3.8, 4) is 22.8 Å². The molecule has 0 fully saturated rings. The first-order chi connectivity index (χ1) is 10.2. The van der Waals surface area contributed by atoms with Crippen LogP contribution in [0.3, 0.4) is 0 Å². The Kier molecular flexibility index (Phi) is 3.75. The molecule has 0 aliphatic heterocycles. The van der Waals surface area contributed by atoms with Gasteiger partial charge in [0, 0.05) is 15.7 Å². The fraction of sp³-hybridized carbons (Fsp3) is 0.125. The molecule has 4 nitrogen and oxygen atoms in total. The van der Waals surface area contributed by atoms with Gasteiger partial charge in [-0.25, -0.2) is 0 Å². The Labute approximate surface area is 131 Å². The third-order valence-corrected chi connectivity index (χ3v) is 3.79. The van der Waals surface area contributed by atoms with Crippen molar-refractivity contribution in [3.05, 3.63) is 52.5 Å². The van der Waals surface area contributed by atoms with Crippen molar-refractivity contribution in [1.29, 1.82) is 0 Å². The molecule has 0 atom stereocenters. The molecule has 3 rings (SSSR count). The molecule has 3 aromatic rings. The predicted molar refractivity (Wildman–Crippen MR) is 86.7 cm³/mol. The average Bonchev–Trinajstić information content (AvgIpc) is 2.99. The third kappa shape index (κ3) is 2.83. The summed E-state index contributed by atoms with van der Waals surface area (Å²) in [7, 11) is 0. The van der Waals surface area contributed by atoms with E-state index in [-0.39, 0.29) is 0 Å². The lowest BCUT2D eigenvalue weighted by Crippen LogP contribution is -1.90. The Bertz CT molecular complexity index is 765. The van der Waals surface area contributed by atoms with E-state index in [2.05, 4.69) is 45.1 Å². The monoisotopic (exact) mass is 343 g/mol. The van der Waals surface area contributed by atoms with Crippen LogP contribution in [0.15, 0.2) is 51.5 Å². The van der Waals surface area contributed by atoms with E-state index < -0.39 is 0 Å². The Morgan fingerprint density at radius 3 is 2.62 bits per heavy atom. The lowest BCUT2D eigenvalue weighted by Gasteiger charge is -2.00. The van der Waals surface area contributed by atoms with Crippen molar-refractivity contribution in [3.63, 3.8) is 0 Å². The van der Waals surface area contributed by atoms with Crippen LogP contribution in [-0.4, -0.2) is 10.1 Å². The van der Waals surface area contributed by atoms with Gasteiger partial charge in [-0.3, -0.25) is 0 Å². The van der Waals surface area contributed by atoms with Crippen molar-refractivity contribution in [2.24, 2.45) is 0 Å². The number of nitrogen functional groups attached to an aromatic ring is 1. The maximum absolute atomic E-state index is 5.96. The SMILES string of the molecule is CCc1ccc(-c2noc(-c3cc(Br)ccc3N)n2)cc1. The summed E-state index contributed by atoms with van der Waals surface area (Å²) in [5.41, 5.74) is 9.50. The number of halogens is 1. The molecule has 0 radical (unpaired) electrons. The molecule has 5 heteroatoms. The van der Waals surface area contributed by atoms with E-state index in [0.29, 0.717) is 17.4 Å². The fourth-order valence-corrected chi connectivity index (χ4v) is 2.41. The van der Waals surface area contributed by atoms with Gasteiger partial charge in [0.15, 0.2) is 0 Å². The number of anilines is 1. The van der Waals surface area contributed by atoms with Crippen LogP contribution in [0, 0.1) is 0 Å². The van der Waals surface area contributed by atoms with Crippen molar-refractivity contribution in [2.45, 2.75) is 13.3 Å². The number of rotatable bonds is 3. The van der Waals surface area contributed by atoms with Gasteiger partial charge in [-0.05, 0) is 30.2 Å². The van der Waals surface area contributed by atoms with Crippen LogP contribution in [0.1, 0.15) is 12.5 Å². The first-order valence-electron chi connectivity index (χ1n) is 6.66. The smallest absolute Gasteiger partial charge is 0.260 e. The van der Waals surface area contributed by atoms with Gasteiger partial charge in [-0.1, -0.05) is 52.3 Å². The second-order valence-corrected chi connectivity index (χ2v) is 5.62. The summed E-state index contributed by atoms with van der Waals surface area (Å²) in [5, 5.41) is 4.03. The summed E-state index contributed by atoms with van der Waals surface area (Å²) in [4.78, 5) is 4.43. The predicted octanol–water partition coefficient (Wildman–Crippen LogP) is 4.31. The number of benzene rings is 2. The second-order valence-electron chi connectivity index (χ2n) is 4.71. The summed E-state index contributed by atoms with van der Waals surface area (Å²) in [5.74, 6) is 0.982. The van der Waals surface area contributed by atoms with Crippen LogP contribution >= 0.6 is 15.9 Å². The van der Waals surface area contributed by atoms with Crippen LogP contribution in [0.5, 0.6) is 0 Å². The highest BCUT2D eigenvalue weighted by atomic mass is 79.9. The van der Waals surface area contributed by atoms with Crippen LogP contribution < -0.4 is 5.73 Å². The molecule has 0 unspecified atom stereocenters. The molecule has 21 heavy (non-hydrogen) atoms. The van der Waals surface area contributed by atoms with Gasteiger partial charge < -0.3 is 10.3 Å². The quantitative estimate of drug-likeness (QED) is 0.719. The van der Waals surface area contributed by atoms with Crippen molar-refractivity contribution in [2.75, 3.05) is 5.73 Å². The number of nitrogens with zero attached hydrogens (tertiary/aromatic N) is 2. The summed E-state index contributed by atoms with van der Waals surface area (Å²) < 4.78 is 6.25. The lowest BCUT2D eigenvalue weighted by atomic mass is 10.1. The zero-order valence-corrected chi connectivity index (χ0v) is 13.1. The normalized spacial score (nSPS) is 10.8. The zero-order valence-electron chi connectivity index (χ0n) is 11.5. The molecule has 1 aromatic heterocycles. The van der Waals surface area contributed by atoms with Crippen LogP contribution in [0.4, 0.5) is 5.69 Å². The minimum Gasteiger partial charge on any atom is -0.398 e. The summed E-state index contributed by atoms with van der Waals surface area (Å²) in [6.07, 6.45) is 1.01. The van der Waals surface area contributed by atoms with Crippen molar-refractivity contribution < 1.29 is 4.52 Å². The van der Waals surface area contributed by atoms with E-state index in [1.165, 1.54) is 5.56 Å². The maximum Gasteiger partial charge on any atom is 0.260 e. The molecule has 106 valence electrons. The molecule has 2 N–H and O–H groups in total. The Morgan fingerprint density at radius 1 is 1.14 bits per heavy atom. The molecule has 0 aliphatic rings. The highest BCUT2D eigenvalue weighted by molar-refractivity contribution is 9.10. The summed E-state index contributed by atoms with van der Waals surface area (Å²) in [6, 6.07) is 13.7. The zero-order chi connectivity index (χ0) is 14.8. The molecule has 0 saturated heterocycles. The first-order valence-corrected chi connectivity index (χ1v) is 7.45. The standard InChI is InChI=1S/C16H14BrN3O/c1-2-10-3-5-11(6-4-10)15-19-16(21-20-15)13-9-12(17)7-8-14(13)18/h3-9H,2,18H2,1H3. The van der Waals surface area contributed by atoms with Gasteiger partial charge >= 0.3 is 0 Å². The maximum atomic E-state index is 5.96. The average molecular weight is 344 g/mol. The van der Waals surface area contributed by atoms with E-state index >= 15 is 0 Å². The third-order valence-electron chi connectivity index (χ3n) is 3.29. The molecule has 0 amide bonds. The summed E-state index contributed by atoms with van der Waals surface area (Å²) in [6.45, 7) is 2.12. The van der Waals surface area contributed by atoms with Crippen LogP contribution in [0.25, 0.3) is 22.8 Å². The van der Waals surface area contributed by atoms with Crippen molar-refractivity contribution in [1.82, 2.24) is 10.1 Å².